The molecule has 2 rings (SSSR count). The van der Waals surface area contributed by atoms with Crippen LogP contribution in [0.5, 0.6) is 0 Å². The van der Waals surface area contributed by atoms with E-state index in [0.29, 0.717) is 10.6 Å². The van der Waals surface area contributed by atoms with Crippen molar-refractivity contribution in [1.29, 1.82) is 0 Å². The molecule has 0 bridgehead atoms. The Balaban J connectivity index is 2.22. The number of likely N-dealkylation sites (tertiary alicyclic amines) is 1. The zero-order chi connectivity index (χ0) is 16.3. The second-order valence-electron chi connectivity index (χ2n) is 4.89. The minimum absolute atomic E-state index is 0.0236. The van der Waals surface area contributed by atoms with Gasteiger partial charge in [-0.05, 0) is 37.1 Å². The molecule has 0 atom stereocenters. The molecule has 6 heteroatoms. The fourth-order valence-corrected chi connectivity index (χ4v) is 2.38. The smallest absolute Gasteiger partial charge is 0.326 e. The fraction of sp³-hybridized carbons (Fsp3) is 0.312. The maximum Gasteiger partial charge on any atom is 0.326 e. The third kappa shape index (κ3) is 3.36. The zero-order valence-corrected chi connectivity index (χ0v) is 13.1. The highest BCUT2D eigenvalue weighted by Crippen LogP contribution is 2.25. The number of hydrogen-bond acceptors (Lipinski definition) is 4. The Morgan fingerprint density at radius 3 is 2.82 bits per heavy atom. The van der Waals surface area contributed by atoms with E-state index >= 15 is 0 Å². The van der Waals surface area contributed by atoms with Crippen LogP contribution in [0.3, 0.4) is 0 Å². The molecule has 0 spiro atoms. The van der Waals surface area contributed by atoms with E-state index in [0.717, 1.165) is 16.0 Å². The van der Waals surface area contributed by atoms with Crippen LogP contribution in [0, 0.1) is 6.92 Å². The number of imide groups is 1. The molecule has 0 unspecified atom stereocenters. The third-order valence-electron chi connectivity index (χ3n) is 3.39. The van der Waals surface area contributed by atoms with Gasteiger partial charge < -0.3 is 4.74 Å². The van der Waals surface area contributed by atoms with Gasteiger partial charge in [-0.15, -0.1) is 0 Å². The van der Waals surface area contributed by atoms with Gasteiger partial charge in [0.15, 0.2) is 0 Å². The Morgan fingerprint density at radius 2 is 2.14 bits per heavy atom. The monoisotopic (exact) mass is 321 g/mol. The van der Waals surface area contributed by atoms with Gasteiger partial charge in [0.25, 0.3) is 5.91 Å². The largest absolute Gasteiger partial charge is 0.465 e. The van der Waals surface area contributed by atoms with E-state index in [4.69, 9.17) is 16.3 Å². The number of esters is 1. The zero-order valence-electron chi connectivity index (χ0n) is 12.4. The van der Waals surface area contributed by atoms with Crippen LogP contribution in [0.4, 0.5) is 0 Å². The van der Waals surface area contributed by atoms with Gasteiger partial charge in [0.05, 0.1) is 13.0 Å². The lowest BCUT2D eigenvalue weighted by Crippen LogP contribution is -2.35. The molecule has 1 aliphatic rings. The molecule has 0 radical (unpaired) electrons. The van der Waals surface area contributed by atoms with E-state index in [9.17, 15) is 14.4 Å². The number of nitrogens with zero attached hydrogens (tertiary/aromatic N) is 1. The van der Waals surface area contributed by atoms with Crippen molar-refractivity contribution >= 4 is 35.5 Å². The minimum Gasteiger partial charge on any atom is -0.465 e. The summed E-state index contributed by atoms with van der Waals surface area (Å²) in [6, 6.07) is 5.35. The molecule has 22 heavy (non-hydrogen) atoms. The van der Waals surface area contributed by atoms with Gasteiger partial charge in [-0.3, -0.25) is 19.3 Å². The molecule has 0 N–H and O–H groups in total. The minimum atomic E-state index is -0.593. The average molecular weight is 322 g/mol. The summed E-state index contributed by atoms with van der Waals surface area (Å²) >= 11 is 6.04. The van der Waals surface area contributed by atoms with Crippen LogP contribution in [0.2, 0.25) is 5.02 Å². The van der Waals surface area contributed by atoms with Crippen LogP contribution in [0.25, 0.3) is 6.08 Å². The molecule has 1 aromatic carbocycles. The van der Waals surface area contributed by atoms with Gasteiger partial charge in [0, 0.05) is 10.6 Å². The second kappa shape index (κ2) is 6.75. The van der Waals surface area contributed by atoms with Crippen LogP contribution in [-0.2, 0) is 19.1 Å². The van der Waals surface area contributed by atoms with Crippen molar-refractivity contribution in [3.05, 3.63) is 39.9 Å². The van der Waals surface area contributed by atoms with Gasteiger partial charge in [-0.1, -0.05) is 23.7 Å². The molecule has 1 aliphatic heterocycles. The van der Waals surface area contributed by atoms with Gasteiger partial charge in [0.1, 0.15) is 6.54 Å². The van der Waals surface area contributed by atoms with E-state index < -0.39 is 17.8 Å². The number of carbonyl (C=O) groups is 3. The Morgan fingerprint density at radius 1 is 1.41 bits per heavy atom. The van der Waals surface area contributed by atoms with Crippen LogP contribution in [0.1, 0.15) is 24.5 Å². The number of benzene rings is 1. The van der Waals surface area contributed by atoms with Gasteiger partial charge in [-0.2, -0.15) is 0 Å². The molecule has 0 aromatic heterocycles. The number of amides is 2. The molecule has 116 valence electrons. The number of rotatable bonds is 4. The Hall–Kier alpha value is -2.14. The first-order chi connectivity index (χ1) is 10.4. The van der Waals surface area contributed by atoms with Crippen LogP contribution >= 0.6 is 11.6 Å². The van der Waals surface area contributed by atoms with Crippen molar-refractivity contribution in [3.8, 4) is 0 Å². The highest BCUT2D eigenvalue weighted by molar-refractivity contribution is 6.31. The number of halogens is 1. The summed E-state index contributed by atoms with van der Waals surface area (Å²) < 4.78 is 4.77. The Labute approximate surface area is 133 Å². The molecule has 5 nitrogen and oxygen atoms in total. The Kier molecular flexibility index (Phi) is 4.98. The first-order valence-corrected chi connectivity index (χ1v) is 7.27. The topological polar surface area (TPSA) is 63.7 Å². The number of hydrogen-bond donors (Lipinski definition) is 0. The summed E-state index contributed by atoms with van der Waals surface area (Å²) in [5.74, 6) is -1.45. The molecular weight excluding hydrogens is 306 g/mol. The summed E-state index contributed by atoms with van der Waals surface area (Å²) in [7, 11) is 0. The maximum absolute atomic E-state index is 12.3. The molecule has 1 aromatic rings. The number of carbonyl (C=O) groups excluding carboxylic acids is 3. The molecule has 1 saturated heterocycles. The van der Waals surface area contributed by atoms with Crippen LogP contribution in [-0.4, -0.2) is 35.8 Å². The molecule has 1 heterocycles. The van der Waals surface area contributed by atoms with E-state index in [1.54, 1.807) is 25.1 Å². The quantitative estimate of drug-likeness (QED) is 0.485. The molecule has 0 aliphatic carbocycles. The summed E-state index contributed by atoms with van der Waals surface area (Å²) in [5.41, 5.74) is 1.96. The fourth-order valence-electron chi connectivity index (χ4n) is 2.20. The summed E-state index contributed by atoms with van der Waals surface area (Å²) in [6.45, 7) is 3.36. The summed E-state index contributed by atoms with van der Waals surface area (Å²) in [6.07, 6.45) is 1.62. The predicted molar refractivity (Wildman–Crippen MR) is 82.1 cm³/mol. The second-order valence-corrected chi connectivity index (χ2v) is 5.30. The van der Waals surface area contributed by atoms with Gasteiger partial charge in [0.2, 0.25) is 5.91 Å². The van der Waals surface area contributed by atoms with Crippen LogP contribution < -0.4 is 0 Å². The normalized spacial score (nSPS) is 16.5. The van der Waals surface area contributed by atoms with Crippen molar-refractivity contribution in [2.24, 2.45) is 0 Å². The predicted octanol–water partition coefficient (Wildman–Crippen LogP) is 2.35. The van der Waals surface area contributed by atoms with E-state index in [-0.39, 0.29) is 19.6 Å². The van der Waals surface area contributed by atoms with Crippen molar-refractivity contribution in [1.82, 2.24) is 4.90 Å². The van der Waals surface area contributed by atoms with Gasteiger partial charge >= 0.3 is 5.97 Å². The molecule has 1 fully saturated rings. The van der Waals surface area contributed by atoms with E-state index in [1.807, 2.05) is 13.0 Å². The molecule has 2 amide bonds. The lowest BCUT2D eigenvalue weighted by Gasteiger charge is -2.11. The number of ether oxygens (including phenoxy) is 1. The first kappa shape index (κ1) is 16.2. The lowest BCUT2D eigenvalue weighted by atomic mass is 10.0. The Bertz CT molecular complexity index is 666. The van der Waals surface area contributed by atoms with Crippen molar-refractivity contribution < 1.29 is 19.1 Å². The van der Waals surface area contributed by atoms with Gasteiger partial charge in [-0.25, -0.2) is 0 Å². The maximum atomic E-state index is 12.3. The van der Waals surface area contributed by atoms with Crippen molar-refractivity contribution in [2.75, 3.05) is 13.2 Å². The highest BCUT2D eigenvalue weighted by Gasteiger charge is 2.35. The standard InChI is InChI=1S/C16H16ClNO4/c1-3-22-15(20)9-18-14(19)8-12(16(18)21)7-11-5-4-6-13(17)10(11)2/h4-7H,3,8-9H2,1-2H3/b12-7+. The first-order valence-electron chi connectivity index (χ1n) is 6.90. The van der Waals surface area contributed by atoms with Crippen molar-refractivity contribution in [2.45, 2.75) is 20.3 Å². The average Bonchev–Trinajstić information content (AvgIpc) is 2.72. The lowest BCUT2D eigenvalue weighted by molar-refractivity contribution is -0.151. The molecule has 0 saturated carbocycles. The van der Waals surface area contributed by atoms with E-state index in [1.165, 1.54) is 0 Å². The van der Waals surface area contributed by atoms with E-state index in [2.05, 4.69) is 0 Å². The summed E-state index contributed by atoms with van der Waals surface area (Å²) in [4.78, 5) is 36.5. The van der Waals surface area contributed by atoms with Crippen LogP contribution in [0.15, 0.2) is 23.8 Å². The molecular formula is C16H16ClNO4. The SMILES string of the molecule is CCOC(=O)CN1C(=O)C/C(=C\c2cccc(Cl)c2C)C1=O. The van der Waals surface area contributed by atoms with Crippen molar-refractivity contribution in [3.63, 3.8) is 0 Å². The highest BCUT2D eigenvalue weighted by atomic mass is 35.5. The summed E-state index contributed by atoms with van der Waals surface area (Å²) in [5, 5.41) is 0.592. The third-order valence-corrected chi connectivity index (χ3v) is 3.80.